The van der Waals surface area contributed by atoms with E-state index in [4.69, 9.17) is 4.74 Å². The normalized spacial score (nSPS) is 21.5. The zero-order valence-corrected chi connectivity index (χ0v) is 13.1. The van der Waals surface area contributed by atoms with Gasteiger partial charge in [0.05, 0.1) is 24.9 Å². The first-order chi connectivity index (χ1) is 10.7. The topological polar surface area (TPSA) is 76.1 Å². The van der Waals surface area contributed by atoms with E-state index in [0.717, 1.165) is 16.3 Å². The van der Waals surface area contributed by atoms with Gasteiger partial charge in [0.25, 0.3) is 0 Å². The molecule has 1 fully saturated rings. The third-order valence-electron chi connectivity index (χ3n) is 3.54. The summed E-state index contributed by atoms with van der Waals surface area (Å²) in [5.74, 6) is -0.0483. The standard InChI is InChI=1S/C15H18N4O2S/c1-10-14(17-6-7-21-10)15(20)18-8-13-19-12(9-22-13)11-2-4-16-5-3-11/h2-5,9-10,14,17H,6-8H2,1H3,(H,18,20)/t10-,14+/m1/s1. The molecule has 2 atom stereocenters. The maximum absolute atomic E-state index is 12.2. The summed E-state index contributed by atoms with van der Waals surface area (Å²) in [5, 5.41) is 8.96. The Hall–Kier alpha value is -1.83. The Morgan fingerprint density at radius 1 is 1.50 bits per heavy atom. The van der Waals surface area contributed by atoms with Crippen LogP contribution in [0.15, 0.2) is 29.9 Å². The van der Waals surface area contributed by atoms with E-state index in [1.807, 2.05) is 24.4 Å². The van der Waals surface area contributed by atoms with Gasteiger partial charge >= 0.3 is 0 Å². The van der Waals surface area contributed by atoms with E-state index in [9.17, 15) is 4.79 Å². The molecule has 7 heteroatoms. The van der Waals surface area contributed by atoms with Crippen LogP contribution < -0.4 is 10.6 Å². The molecule has 1 saturated heterocycles. The molecule has 1 aliphatic rings. The SMILES string of the molecule is C[C@H]1OCCN[C@@H]1C(=O)NCc1nc(-c2ccncc2)cs1. The number of ether oxygens (including phenoxy) is 1. The van der Waals surface area contributed by atoms with Crippen LogP contribution in [0.5, 0.6) is 0 Å². The van der Waals surface area contributed by atoms with Crippen molar-refractivity contribution in [3.63, 3.8) is 0 Å². The van der Waals surface area contributed by atoms with E-state index in [0.29, 0.717) is 19.7 Å². The number of amides is 1. The predicted octanol–water partition coefficient (Wildman–Crippen LogP) is 1.20. The third-order valence-corrected chi connectivity index (χ3v) is 4.39. The van der Waals surface area contributed by atoms with Crippen LogP contribution in [-0.2, 0) is 16.1 Å². The summed E-state index contributed by atoms with van der Waals surface area (Å²) < 4.78 is 5.48. The van der Waals surface area contributed by atoms with Crippen molar-refractivity contribution in [3.05, 3.63) is 34.9 Å². The minimum Gasteiger partial charge on any atom is -0.375 e. The molecule has 0 bridgehead atoms. The summed E-state index contributed by atoms with van der Waals surface area (Å²) in [6.07, 6.45) is 3.37. The number of rotatable bonds is 4. The van der Waals surface area contributed by atoms with Crippen molar-refractivity contribution in [1.82, 2.24) is 20.6 Å². The fourth-order valence-electron chi connectivity index (χ4n) is 2.35. The number of nitrogens with zero attached hydrogens (tertiary/aromatic N) is 2. The first-order valence-electron chi connectivity index (χ1n) is 7.21. The number of hydrogen-bond donors (Lipinski definition) is 2. The highest BCUT2D eigenvalue weighted by molar-refractivity contribution is 7.09. The summed E-state index contributed by atoms with van der Waals surface area (Å²) in [4.78, 5) is 20.7. The number of carbonyl (C=O) groups is 1. The Balaban J connectivity index is 1.58. The molecular formula is C15H18N4O2S. The Labute approximate surface area is 132 Å². The third kappa shape index (κ3) is 3.49. The minimum atomic E-state index is -0.298. The first kappa shape index (κ1) is 15.1. The van der Waals surface area contributed by atoms with Gasteiger partial charge < -0.3 is 15.4 Å². The Bertz CT molecular complexity index is 631. The monoisotopic (exact) mass is 318 g/mol. The molecule has 6 nitrogen and oxygen atoms in total. The number of morpholine rings is 1. The number of nitrogens with one attached hydrogen (secondary N) is 2. The highest BCUT2D eigenvalue weighted by atomic mass is 32.1. The van der Waals surface area contributed by atoms with Gasteiger partial charge in [-0.3, -0.25) is 9.78 Å². The smallest absolute Gasteiger partial charge is 0.240 e. The lowest BCUT2D eigenvalue weighted by molar-refractivity contribution is -0.129. The number of hydrogen-bond acceptors (Lipinski definition) is 6. The first-order valence-corrected chi connectivity index (χ1v) is 8.09. The van der Waals surface area contributed by atoms with Gasteiger partial charge in [-0.15, -0.1) is 11.3 Å². The molecule has 116 valence electrons. The van der Waals surface area contributed by atoms with Crippen molar-refractivity contribution in [1.29, 1.82) is 0 Å². The predicted molar refractivity (Wildman–Crippen MR) is 84.4 cm³/mol. The summed E-state index contributed by atoms with van der Waals surface area (Å²) in [6, 6.07) is 3.54. The van der Waals surface area contributed by atoms with Crippen molar-refractivity contribution in [2.75, 3.05) is 13.2 Å². The van der Waals surface area contributed by atoms with Crippen LogP contribution in [0.1, 0.15) is 11.9 Å². The number of carbonyl (C=O) groups excluding carboxylic acids is 1. The largest absolute Gasteiger partial charge is 0.375 e. The van der Waals surface area contributed by atoms with Crippen LogP contribution in [0.2, 0.25) is 0 Å². The lowest BCUT2D eigenvalue weighted by atomic mass is 10.1. The second-order valence-electron chi connectivity index (χ2n) is 5.09. The van der Waals surface area contributed by atoms with Crippen LogP contribution in [0, 0.1) is 0 Å². The van der Waals surface area contributed by atoms with Gasteiger partial charge in [-0.25, -0.2) is 4.98 Å². The van der Waals surface area contributed by atoms with E-state index in [2.05, 4.69) is 20.6 Å². The molecule has 0 unspecified atom stereocenters. The molecular weight excluding hydrogens is 300 g/mol. The molecule has 22 heavy (non-hydrogen) atoms. The van der Waals surface area contributed by atoms with Crippen LogP contribution in [-0.4, -0.2) is 41.2 Å². The second-order valence-corrected chi connectivity index (χ2v) is 6.03. The minimum absolute atomic E-state index is 0.0483. The molecule has 0 saturated carbocycles. The van der Waals surface area contributed by atoms with Crippen molar-refractivity contribution in [2.24, 2.45) is 0 Å². The highest BCUT2D eigenvalue weighted by Gasteiger charge is 2.28. The van der Waals surface area contributed by atoms with Gasteiger partial charge in [0, 0.05) is 29.9 Å². The van der Waals surface area contributed by atoms with E-state index in [-0.39, 0.29) is 18.1 Å². The molecule has 3 rings (SSSR count). The molecule has 0 spiro atoms. The lowest BCUT2D eigenvalue weighted by Gasteiger charge is -2.29. The maximum atomic E-state index is 12.2. The van der Waals surface area contributed by atoms with E-state index >= 15 is 0 Å². The number of pyridine rings is 1. The molecule has 2 N–H and O–H groups in total. The lowest BCUT2D eigenvalue weighted by Crippen LogP contribution is -2.55. The summed E-state index contributed by atoms with van der Waals surface area (Å²) in [5.41, 5.74) is 1.93. The van der Waals surface area contributed by atoms with E-state index < -0.39 is 0 Å². The molecule has 0 aliphatic carbocycles. The zero-order valence-electron chi connectivity index (χ0n) is 12.3. The molecule has 1 amide bonds. The zero-order chi connectivity index (χ0) is 15.4. The average molecular weight is 318 g/mol. The van der Waals surface area contributed by atoms with Crippen molar-refractivity contribution >= 4 is 17.2 Å². The Kier molecular flexibility index (Phi) is 4.77. The van der Waals surface area contributed by atoms with Crippen molar-refractivity contribution < 1.29 is 9.53 Å². The van der Waals surface area contributed by atoms with Gasteiger partial charge in [-0.1, -0.05) is 0 Å². The maximum Gasteiger partial charge on any atom is 0.240 e. The van der Waals surface area contributed by atoms with E-state index in [1.165, 1.54) is 11.3 Å². The number of thiazole rings is 1. The molecule has 1 aliphatic heterocycles. The summed E-state index contributed by atoms with van der Waals surface area (Å²) in [7, 11) is 0. The summed E-state index contributed by atoms with van der Waals surface area (Å²) in [6.45, 7) is 3.68. The quantitative estimate of drug-likeness (QED) is 0.886. The Morgan fingerprint density at radius 2 is 2.32 bits per heavy atom. The fraction of sp³-hybridized carbons (Fsp3) is 0.400. The van der Waals surface area contributed by atoms with Gasteiger partial charge in [-0.2, -0.15) is 0 Å². The van der Waals surface area contributed by atoms with Crippen LogP contribution >= 0.6 is 11.3 Å². The molecule has 0 aromatic carbocycles. The average Bonchev–Trinajstić information content (AvgIpc) is 3.03. The van der Waals surface area contributed by atoms with Gasteiger partial charge in [0.15, 0.2) is 0 Å². The molecule has 0 radical (unpaired) electrons. The van der Waals surface area contributed by atoms with Crippen LogP contribution in [0.4, 0.5) is 0 Å². The highest BCUT2D eigenvalue weighted by Crippen LogP contribution is 2.20. The van der Waals surface area contributed by atoms with Crippen molar-refractivity contribution in [3.8, 4) is 11.3 Å². The van der Waals surface area contributed by atoms with Crippen LogP contribution in [0.25, 0.3) is 11.3 Å². The number of aromatic nitrogens is 2. The van der Waals surface area contributed by atoms with Crippen LogP contribution in [0.3, 0.4) is 0 Å². The summed E-state index contributed by atoms with van der Waals surface area (Å²) >= 11 is 1.54. The molecule has 2 aromatic heterocycles. The van der Waals surface area contributed by atoms with Gasteiger partial charge in [0.2, 0.25) is 5.91 Å². The Morgan fingerprint density at radius 3 is 3.09 bits per heavy atom. The van der Waals surface area contributed by atoms with E-state index in [1.54, 1.807) is 12.4 Å². The van der Waals surface area contributed by atoms with Crippen molar-refractivity contribution in [2.45, 2.75) is 25.6 Å². The van der Waals surface area contributed by atoms with Gasteiger partial charge in [-0.05, 0) is 19.1 Å². The van der Waals surface area contributed by atoms with Gasteiger partial charge in [0.1, 0.15) is 11.0 Å². The second kappa shape index (κ2) is 6.95. The molecule has 3 heterocycles. The fourth-order valence-corrected chi connectivity index (χ4v) is 3.09. The molecule has 2 aromatic rings.